The second-order valence-electron chi connectivity index (χ2n) is 7.01. The van der Waals surface area contributed by atoms with E-state index in [-0.39, 0.29) is 0 Å². The zero-order valence-corrected chi connectivity index (χ0v) is 16.1. The lowest BCUT2D eigenvalue weighted by Gasteiger charge is -2.16. The van der Waals surface area contributed by atoms with Crippen LogP contribution in [0.3, 0.4) is 0 Å². The Morgan fingerprint density at radius 3 is 2.48 bits per heavy atom. The van der Waals surface area contributed by atoms with Crippen LogP contribution < -0.4 is 10.6 Å². The largest absolute Gasteiger partial charge is 0.351 e. The molecule has 0 amide bonds. The fourth-order valence-electron chi connectivity index (χ4n) is 3.50. The Morgan fingerprint density at radius 2 is 1.74 bits per heavy atom. The van der Waals surface area contributed by atoms with Crippen LogP contribution in [-0.2, 0) is 0 Å². The van der Waals surface area contributed by atoms with Crippen LogP contribution in [0.2, 0.25) is 5.02 Å². The molecule has 0 atom stereocenters. The fraction of sp³-hybridized carbons (Fsp3) is 0.273. The maximum atomic E-state index is 6.39. The van der Waals surface area contributed by atoms with Gasteiger partial charge in [-0.05, 0) is 31.4 Å². The van der Waals surface area contributed by atoms with Crippen molar-refractivity contribution in [1.82, 2.24) is 9.97 Å². The van der Waals surface area contributed by atoms with E-state index in [9.17, 15) is 0 Å². The Labute approximate surface area is 165 Å². The van der Waals surface area contributed by atoms with E-state index in [0.29, 0.717) is 17.0 Å². The van der Waals surface area contributed by atoms with Crippen LogP contribution in [0.1, 0.15) is 31.2 Å². The maximum Gasteiger partial charge on any atom is 0.225 e. The maximum absolute atomic E-state index is 6.39. The van der Waals surface area contributed by atoms with Crippen molar-refractivity contribution in [3.63, 3.8) is 0 Å². The summed E-state index contributed by atoms with van der Waals surface area (Å²) in [5, 5.41) is 7.58. The van der Waals surface area contributed by atoms with Crippen LogP contribution in [0.25, 0.3) is 11.3 Å². The van der Waals surface area contributed by atoms with Crippen molar-refractivity contribution in [3.8, 4) is 11.3 Å². The lowest BCUT2D eigenvalue weighted by molar-refractivity contribution is 0.744. The monoisotopic (exact) mass is 378 g/mol. The van der Waals surface area contributed by atoms with Crippen molar-refractivity contribution < 1.29 is 0 Å². The zero-order chi connectivity index (χ0) is 18.6. The average molecular weight is 379 g/mol. The highest BCUT2D eigenvalue weighted by molar-refractivity contribution is 6.33. The van der Waals surface area contributed by atoms with Gasteiger partial charge in [0.1, 0.15) is 5.82 Å². The summed E-state index contributed by atoms with van der Waals surface area (Å²) in [7, 11) is 0. The molecule has 1 heterocycles. The number of halogens is 1. The minimum atomic E-state index is 0.450. The first kappa shape index (κ1) is 17.8. The Morgan fingerprint density at radius 1 is 0.963 bits per heavy atom. The minimum Gasteiger partial charge on any atom is -0.351 e. The number of hydrogen-bond acceptors (Lipinski definition) is 4. The number of hydrogen-bond donors (Lipinski definition) is 2. The third kappa shape index (κ3) is 4.22. The Balaban J connectivity index is 1.71. The van der Waals surface area contributed by atoms with E-state index in [1.807, 2.05) is 49.4 Å². The summed E-state index contributed by atoms with van der Waals surface area (Å²) in [5.41, 5.74) is 3.91. The Hall–Kier alpha value is -2.59. The van der Waals surface area contributed by atoms with E-state index in [1.54, 1.807) is 0 Å². The first-order chi connectivity index (χ1) is 13.2. The molecule has 4 rings (SSSR count). The molecule has 1 aliphatic rings. The molecular weight excluding hydrogens is 356 g/mol. The average Bonchev–Trinajstić information content (AvgIpc) is 3.18. The van der Waals surface area contributed by atoms with Gasteiger partial charge in [-0.1, -0.05) is 66.9 Å². The van der Waals surface area contributed by atoms with Gasteiger partial charge in [-0.3, -0.25) is 0 Å². The standard InChI is InChI=1S/C22H23ClN4/c1-15-8-7-13-18(23)21(15)26-20-14-19(16-9-3-2-4-10-16)25-22(27-20)24-17-11-5-6-12-17/h2-4,7-10,13-14,17H,5-6,11-12H2,1H3,(H2,24,25,26,27). The van der Waals surface area contributed by atoms with E-state index < -0.39 is 0 Å². The highest BCUT2D eigenvalue weighted by Gasteiger charge is 2.17. The summed E-state index contributed by atoms with van der Waals surface area (Å²) in [4.78, 5) is 9.47. The molecule has 3 aromatic rings. The molecule has 0 saturated heterocycles. The molecule has 4 nitrogen and oxygen atoms in total. The van der Waals surface area contributed by atoms with Crippen LogP contribution in [0, 0.1) is 6.92 Å². The summed E-state index contributed by atoms with van der Waals surface area (Å²) in [6.45, 7) is 2.03. The molecule has 2 N–H and O–H groups in total. The quantitative estimate of drug-likeness (QED) is 0.554. The van der Waals surface area contributed by atoms with E-state index in [1.165, 1.54) is 25.7 Å². The number of aromatic nitrogens is 2. The first-order valence-electron chi connectivity index (χ1n) is 9.42. The van der Waals surface area contributed by atoms with Gasteiger partial charge in [0, 0.05) is 17.7 Å². The van der Waals surface area contributed by atoms with E-state index >= 15 is 0 Å². The summed E-state index contributed by atoms with van der Waals surface area (Å²) in [5.74, 6) is 1.40. The van der Waals surface area contributed by atoms with Gasteiger partial charge >= 0.3 is 0 Å². The summed E-state index contributed by atoms with van der Waals surface area (Å²) in [6.07, 6.45) is 4.87. The number of nitrogens with zero attached hydrogens (tertiary/aromatic N) is 2. The van der Waals surface area contributed by atoms with Gasteiger partial charge in [0.25, 0.3) is 0 Å². The van der Waals surface area contributed by atoms with Gasteiger partial charge in [0.2, 0.25) is 5.95 Å². The molecule has 1 fully saturated rings. The first-order valence-corrected chi connectivity index (χ1v) is 9.80. The number of nitrogens with one attached hydrogen (secondary N) is 2. The zero-order valence-electron chi connectivity index (χ0n) is 15.4. The second-order valence-corrected chi connectivity index (χ2v) is 7.42. The third-order valence-electron chi connectivity index (χ3n) is 4.96. The van der Waals surface area contributed by atoms with Gasteiger partial charge in [0.05, 0.1) is 16.4 Å². The van der Waals surface area contributed by atoms with E-state index in [0.717, 1.165) is 28.3 Å². The number of benzene rings is 2. The van der Waals surface area contributed by atoms with Crippen molar-refractivity contribution in [1.29, 1.82) is 0 Å². The molecule has 27 heavy (non-hydrogen) atoms. The van der Waals surface area contributed by atoms with Crippen molar-refractivity contribution in [2.45, 2.75) is 38.6 Å². The summed E-state index contributed by atoms with van der Waals surface area (Å²) < 4.78 is 0. The summed E-state index contributed by atoms with van der Waals surface area (Å²) >= 11 is 6.39. The number of anilines is 3. The topological polar surface area (TPSA) is 49.8 Å². The minimum absolute atomic E-state index is 0.450. The lowest BCUT2D eigenvalue weighted by atomic mass is 10.1. The van der Waals surface area contributed by atoms with Crippen LogP contribution in [0.5, 0.6) is 0 Å². The molecular formula is C22H23ClN4. The highest BCUT2D eigenvalue weighted by Crippen LogP contribution is 2.30. The van der Waals surface area contributed by atoms with E-state index in [2.05, 4.69) is 22.8 Å². The lowest BCUT2D eigenvalue weighted by Crippen LogP contribution is -2.17. The molecule has 0 radical (unpaired) electrons. The number of para-hydroxylation sites is 1. The van der Waals surface area contributed by atoms with Crippen molar-refractivity contribution in [2.75, 3.05) is 10.6 Å². The predicted molar refractivity (Wildman–Crippen MR) is 113 cm³/mol. The normalized spacial score (nSPS) is 14.3. The predicted octanol–water partition coefficient (Wildman–Crippen LogP) is 6.20. The summed E-state index contributed by atoms with van der Waals surface area (Å²) in [6, 6.07) is 18.5. The molecule has 0 bridgehead atoms. The van der Waals surface area contributed by atoms with Gasteiger partial charge in [-0.15, -0.1) is 0 Å². The van der Waals surface area contributed by atoms with Gasteiger partial charge < -0.3 is 10.6 Å². The van der Waals surface area contributed by atoms with Crippen LogP contribution in [0.4, 0.5) is 17.5 Å². The Bertz CT molecular complexity index is 901. The molecule has 2 aromatic carbocycles. The number of aryl methyl sites for hydroxylation is 1. The fourth-order valence-corrected chi connectivity index (χ4v) is 3.77. The second kappa shape index (κ2) is 7.97. The molecule has 0 spiro atoms. The van der Waals surface area contributed by atoms with Crippen LogP contribution >= 0.6 is 11.6 Å². The van der Waals surface area contributed by atoms with Crippen LogP contribution in [0.15, 0.2) is 54.6 Å². The van der Waals surface area contributed by atoms with Gasteiger partial charge in [-0.2, -0.15) is 4.98 Å². The van der Waals surface area contributed by atoms with Gasteiger partial charge in [0.15, 0.2) is 0 Å². The van der Waals surface area contributed by atoms with Crippen molar-refractivity contribution in [3.05, 3.63) is 65.2 Å². The highest BCUT2D eigenvalue weighted by atomic mass is 35.5. The molecule has 138 valence electrons. The molecule has 0 aliphatic heterocycles. The van der Waals surface area contributed by atoms with Crippen molar-refractivity contribution >= 4 is 29.1 Å². The molecule has 1 aliphatic carbocycles. The van der Waals surface area contributed by atoms with Crippen molar-refractivity contribution in [2.24, 2.45) is 0 Å². The van der Waals surface area contributed by atoms with E-state index in [4.69, 9.17) is 21.6 Å². The molecule has 1 aromatic heterocycles. The molecule has 5 heteroatoms. The van der Waals surface area contributed by atoms with Crippen LogP contribution in [-0.4, -0.2) is 16.0 Å². The number of rotatable bonds is 5. The smallest absolute Gasteiger partial charge is 0.225 e. The van der Waals surface area contributed by atoms with Gasteiger partial charge in [-0.25, -0.2) is 4.98 Å². The molecule has 0 unspecified atom stereocenters. The molecule has 1 saturated carbocycles. The SMILES string of the molecule is Cc1cccc(Cl)c1Nc1cc(-c2ccccc2)nc(NC2CCCC2)n1. The third-order valence-corrected chi connectivity index (χ3v) is 5.27. The Kier molecular flexibility index (Phi) is 5.26.